The van der Waals surface area contributed by atoms with E-state index in [1.54, 1.807) is 0 Å². The molecule has 0 unspecified atom stereocenters. The molecule has 152 valence electrons. The van der Waals surface area contributed by atoms with Crippen LogP contribution in [0.2, 0.25) is 0 Å². The van der Waals surface area contributed by atoms with Crippen LogP contribution < -0.4 is 32.9 Å². The molecule has 2 nitrogen and oxygen atoms in total. The van der Waals surface area contributed by atoms with E-state index in [-0.39, 0.29) is 23.0 Å². The van der Waals surface area contributed by atoms with Gasteiger partial charge >= 0.3 is 5.97 Å². The molecule has 1 aromatic heterocycles. The van der Waals surface area contributed by atoms with E-state index >= 15 is 0 Å². The SMILES string of the molecule is COC(=O)c1sccc1C[P+](c1ccccc1)(c1ccccc1)c1ccccc1.[Br-]. The first-order valence-electron chi connectivity index (χ1n) is 9.45. The van der Waals surface area contributed by atoms with Gasteiger partial charge in [-0.15, -0.1) is 11.3 Å². The first kappa shape index (κ1) is 22.4. The molecule has 0 aliphatic rings. The lowest BCUT2D eigenvalue weighted by Crippen LogP contribution is -3.00. The minimum atomic E-state index is -2.02. The third kappa shape index (κ3) is 4.27. The Morgan fingerprint density at radius 2 is 1.20 bits per heavy atom. The van der Waals surface area contributed by atoms with Crippen molar-refractivity contribution in [3.63, 3.8) is 0 Å². The van der Waals surface area contributed by atoms with Crippen molar-refractivity contribution >= 4 is 40.5 Å². The lowest BCUT2D eigenvalue weighted by Gasteiger charge is -2.27. The summed E-state index contributed by atoms with van der Waals surface area (Å²) in [5, 5.41) is 5.90. The molecule has 0 bridgehead atoms. The quantitative estimate of drug-likeness (QED) is 0.301. The molecule has 3 aromatic carbocycles. The topological polar surface area (TPSA) is 26.3 Å². The summed E-state index contributed by atoms with van der Waals surface area (Å²) in [4.78, 5) is 13.1. The standard InChI is InChI=1S/C25H22O2PS.BrH/c1-27-25(26)24-20(17-18-29-24)19-28(21-11-5-2-6-12-21,22-13-7-3-8-14-22)23-15-9-4-10-16-23;/h2-18H,19H2,1H3;1H/q+1;/p-1. The van der Waals surface area contributed by atoms with E-state index < -0.39 is 7.26 Å². The summed E-state index contributed by atoms with van der Waals surface area (Å²) in [6, 6.07) is 34.2. The summed E-state index contributed by atoms with van der Waals surface area (Å²) in [6.07, 6.45) is 0.777. The number of methoxy groups -OCH3 is 1. The molecule has 5 heteroatoms. The smallest absolute Gasteiger partial charge is 0.348 e. The van der Waals surface area contributed by atoms with Crippen LogP contribution in [0, 0.1) is 0 Å². The van der Waals surface area contributed by atoms with E-state index in [0.29, 0.717) is 4.88 Å². The Labute approximate surface area is 192 Å². The van der Waals surface area contributed by atoms with Gasteiger partial charge in [-0.2, -0.15) is 0 Å². The third-order valence-corrected chi connectivity index (χ3v) is 10.4. The molecular weight excluding hydrogens is 475 g/mol. The Kier molecular flexibility index (Phi) is 7.60. The van der Waals surface area contributed by atoms with E-state index in [1.165, 1.54) is 34.4 Å². The number of carbonyl (C=O) groups is 1. The van der Waals surface area contributed by atoms with E-state index in [9.17, 15) is 4.79 Å². The van der Waals surface area contributed by atoms with Crippen LogP contribution in [0.4, 0.5) is 0 Å². The van der Waals surface area contributed by atoms with Crippen molar-refractivity contribution in [1.29, 1.82) is 0 Å². The predicted octanol–water partition coefficient (Wildman–Crippen LogP) is 2.03. The van der Waals surface area contributed by atoms with Crippen LogP contribution >= 0.6 is 18.6 Å². The number of halogens is 1. The molecule has 0 saturated heterocycles. The maximum atomic E-state index is 12.4. The van der Waals surface area contributed by atoms with Gasteiger partial charge in [-0.1, -0.05) is 54.6 Å². The molecule has 4 rings (SSSR count). The van der Waals surface area contributed by atoms with Crippen molar-refractivity contribution < 1.29 is 26.5 Å². The van der Waals surface area contributed by atoms with E-state index in [1.807, 2.05) is 5.38 Å². The number of benzene rings is 3. The molecule has 0 amide bonds. The van der Waals surface area contributed by atoms with Gasteiger partial charge in [0.1, 0.15) is 34.2 Å². The first-order chi connectivity index (χ1) is 14.3. The van der Waals surface area contributed by atoms with Crippen molar-refractivity contribution in [2.45, 2.75) is 6.16 Å². The minimum Gasteiger partial charge on any atom is -1.00 e. The largest absolute Gasteiger partial charge is 1.00 e. The molecule has 4 aromatic rings. The van der Waals surface area contributed by atoms with Crippen LogP contribution in [-0.2, 0) is 10.9 Å². The summed E-state index contributed by atoms with van der Waals surface area (Å²) < 4.78 is 5.05. The van der Waals surface area contributed by atoms with Crippen LogP contribution in [0.15, 0.2) is 102 Å². The molecule has 0 radical (unpaired) electrons. The highest BCUT2D eigenvalue weighted by molar-refractivity contribution is 7.95. The highest BCUT2D eigenvalue weighted by Gasteiger charge is 2.46. The van der Waals surface area contributed by atoms with Gasteiger partial charge in [-0.25, -0.2) is 4.79 Å². The maximum absolute atomic E-state index is 12.4. The number of hydrogen-bond acceptors (Lipinski definition) is 3. The maximum Gasteiger partial charge on any atom is 0.348 e. The van der Waals surface area contributed by atoms with Gasteiger partial charge < -0.3 is 21.7 Å². The second-order valence-electron chi connectivity index (χ2n) is 6.74. The second kappa shape index (κ2) is 10.2. The summed E-state index contributed by atoms with van der Waals surface area (Å²) in [5.41, 5.74) is 1.05. The minimum absolute atomic E-state index is 0. The van der Waals surface area contributed by atoms with Crippen molar-refractivity contribution in [2.75, 3.05) is 7.11 Å². The molecule has 0 spiro atoms. The average Bonchev–Trinajstić information content (AvgIpc) is 3.27. The summed E-state index contributed by atoms with van der Waals surface area (Å²) in [6.45, 7) is 0. The number of hydrogen-bond donors (Lipinski definition) is 0. The van der Waals surface area contributed by atoms with E-state index in [4.69, 9.17) is 4.74 Å². The fourth-order valence-corrected chi connectivity index (χ4v) is 8.96. The Morgan fingerprint density at radius 1 is 0.767 bits per heavy atom. The van der Waals surface area contributed by atoms with Gasteiger partial charge in [-0.3, -0.25) is 0 Å². The molecule has 30 heavy (non-hydrogen) atoms. The lowest BCUT2D eigenvalue weighted by atomic mass is 10.3. The number of thiophene rings is 1. The Balaban J connectivity index is 0.00000256. The summed E-state index contributed by atoms with van der Waals surface area (Å²) >= 11 is 1.45. The highest BCUT2D eigenvalue weighted by Crippen LogP contribution is 2.58. The van der Waals surface area contributed by atoms with Crippen molar-refractivity contribution in [1.82, 2.24) is 0 Å². The number of esters is 1. The van der Waals surface area contributed by atoms with Crippen molar-refractivity contribution in [3.05, 3.63) is 113 Å². The summed E-state index contributed by atoms with van der Waals surface area (Å²) in [5.74, 6) is -0.262. The zero-order valence-electron chi connectivity index (χ0n) is 16.6. The Bertz CT molecular complexity index is 985. The molecule has 0 atom stereocenters. The van der Waals surface area contributed by atoms with Crippen LogP contribution in [0.1, 0.15) is 15.2 Å². The molecule has 0 aliphatic carbocycles. The third-order valence-electron chi connectivity index (χ3n) is 5.12. The van der Waals surface area contributed by atoms with Crippen LogP contribution in [0.3, 0.4) is 0 Å². The number of ether oxygens (including phenoxy) is 1. The zero-order valence-corrected chi connectivity index (χ0v) is 19.9. The molecule has 0 N–H and O–H groups in total. The van der Waals surface area contributed by atoms with Gasteiger partial charge in [0.25, 0.3) is 0 Å². The van der Waals surface area contributed by atoms with E-state index in [0.717, 1.165) is 11.7 Å². The van der Waals surface area contributed by atoms with Gasteiger partial charge in [0.2, 0.25) is 0 Å². The van der Waals surface area contributed by atoms with Crippen molar-refractivity contribution in [2.24, 2.45) is 0 Å². The monoisotopic (exact) mass is 496 g/mol. The molecular formula is C25H22BrO2PS. The zero-order chi connectivity index (χ0) is 20.1. The second-order valence-corrected chi connectivity index (χ2v) is 11.1. The molecule has 0 saturated carbocycles. The van der Waals surface area contributed by atoms with E-state index in [2.05, 4.69) is 97.1 Å². The predicted molar refractivity (Wildman–Crippen MR) is 125 cm³/mol. The lowest BCUT2D eigenvalue weighted by molar-refractivity contribution is -0.0000204. The summed E-state index contributed by atoms with van der Waals surface area (Å²) in [7, 11) is -0.576. The van der Waals surface area contributed by atoms with Crippen LogP contribution in [0.5, 0.6) is 0 Å². The Morgan fingerprint density at radius 3 is 1.60 bits per heavy atom. The molecule has 0 fully saturated rings. The van der Waals surface area contributed by atoms with Gasteiger partial charge in [0.15, 0.2) is 0 Å². The van der Waals surface area contributed by atoms with Gasteiger partial charge in [0, 0.05) is 5.56 Å². The molecule has 1 heterocycles. The fourth-order valence-electron chi connectivity index (χ4n) is 3.76. The first-order valence-corrected chi connectivity index (χ1v) is 12.3. The average molecular weight is 497 g/mol. The molecule has 0 aliphatic heterocycles. The highest BCUT2D eigenvalue weighted by atomic mass is 79.9. The van der Waals surface area contributed by atoms with Crippen LogP contribution in [0.25, 0.3) is 0 Å². The van der Waals surface area contributed by atoms with Crippen LogP contribution in [-0.4, -0.2) is 13.1 Å². The van der Waals surface area contributed by atoms with Gasteiger partial charge in [0.05, 0.1) is 7.11 Å². The van der Waals surface area contributed by atoms with Crippen molar-refractivity contribution in [3.8, 4) is 0 Å². The normalized spacial score (nSPS) is 10.8. The van der Waals surface area contributed by atoms with Gasteiger partial charge in [-0.05, 0) is 47.8 Å². The Hall–Kier alpha value is -2.26. The number of carbonyl (C=O) groups excluding carboxylic acids is 1. The number of rotatable bonds is 6. The fraction of sp³-hybridized carbons (Fsp3) is 0.0800.